The molecule has 0 saturated heterocycles. The van der Waals surface area contributed by atoms with E-state index in [0.29, 0.717) is 13.1 Å². The maximum absolute atomic E-state index is 5.52. The van der Waals surface area contributed by atoms with Crippen molar-refractivity contribution >= 4 is 0 Å². The minimum absolute atomic E-state index is 0.570. The third-order valence-electron chi connectivity index (χ3n) is 2.22. The Balaban J connectivity index is 2.01. The molecule has 0 fully saturated rings. The summed E-state index contributed by atoms with van der Waals surface area (Å²) >= 11 is 0. The van der Waals surface area contributed by atoms with E-state index in [9.17, 15) is 0 Å². The van der Waals surface area contributed by atoms with E-state index in [1.165, 1.54) is 0 Å². The monoisotopic (exact) mass is 211 g/mol. The quantitative estimate of drug-likeness (QED) is 0.763. The summed E-state index contributed by atoms with van der Waals surface area (Å²) in [4.78, 5) is 0. The van der Waals surface area contributed by atoms with Gasteiger partial charge in [-0.1, -0.05) is 24.0 Å². The van der Waals surface area contributed by atoms with Gasteiger partial charge in [0.15, 0.2) is 0 Å². The Bertz CT molecular complexity index is 486. The highest BCUT2D eigenvalue weighted by molar-refractivity contribution is 5.36. The molecule has 2 aromatic rings. The highest BCUT2D eigenvalue weighted by Crippen LogP contribution is 2.01. The van der Waals surface area contributed by atoms with Gasteiger partial charge >= 0.3 is 0 Å². The van der Waals surface area contributed by atoms with Gasteiger partial charge in [-0.15, -0.1) is 0 Å². The van der Waals surface area contributed by atoms with Crippen LogP contribution in [0.2, 0.25) is 0 Å². The summed E-state index contributed by atoms with van der Waals surface area (Å²) in [7, 11) is 0. The second-order valence-corrected chi connectivity index (χ2v) is 3.41. The number of nitrogens with two attached hydrogens (primary N) is 1. The largest absolute Gasteiger partial charge is 0.326 e. The van der Waals surface area contributed by atoms with Crippen LogP contribution in [-0.4, -0.2) is 9.78 Å². The number of rotatable bonds is 2. The van der Waals surface area contributed by atoms with E-state index < -0.39 is 0 Å². The molecule has 0 aliphatic rings. The minimum Gasteiger partial charge on any atom is -0.326 e. The molecule has 80 valence electrons. The zero-order valence-electron chi connectivity index (χ0n) is 8.93. The van der Waals surface area contributed by atoms with Crippen LogP contribution in [0.25, 0.3) is 0 Å². The first-order valence-electron chi connectivity index (χ1n) is 5.14. The molecule has 0 aliphatic heterocycles. The predicted molar refractivity (Wildman–Crippen MR) is 63.4 cm³/mol. The van der Waals surface area contributed by atoms with Crippen LogP contribution in [0.3, 0.4) is 0 Å². The molecule has 1 heterocycles. The van der Waals surface area contributed by atoms with Crippen LogP contribution in [0.4, 0.5) is 0 Å². The predicted octanol–water partition coefficient (Wildman–Crippen LogP) is 1.39. The Morgan fingerprint density at radius 3 is 2.69 bits per heavy atom. The highest BCUT2D eigenvalue weighted by atomic mass is 15.3. The molecule has 1 aromatic carbocycles. The standard InChI is InChI=1S/C13H13N3/c14-11-13-6-4-12(5-7-13)3-1-9-16-10-2-8-15-16/h2,4-8,10H,9,11,14H2. The van der Waals surface area contributed by atoms with E-state index in [4.69, 9.17) is 5.73 Å². The van der Waals surface area contributed by atoms with Crippen molar-refractivity contribution in [3.63, 3.8) is 0 Å². The lowest BCUT2D eigenvalue weighted by Crippen LogP contribution is -1.96. The maximum atomic E-state index is 5.52. The molecule has 0 radical (unpaired) electrons. The number of benzene rings is 1. The highest BCUT2D eigenvalue weighted by Gasteiger charge is 1.89. The summed E-state index contributed by atoms with van der Waals surface area (Å²) in [5.41, 5.74) is 7.64. The molecule has 1 aromatic heterocycles. The van der Waals surface area contributed by atoms with Crippen molar-refractivity contribution in [2.75, 3.05) is 0 Å². The van der Waals surface area contributed by atoms with Crippen LogP contribution in [0.5, 0.6) is 0 Å². The lowest BCUT2D eigenvalue weighted by Gasteiger charge is -1.95. The van der Waals surface area contributed by atoms with Crippen LogP contribution in [0.1, 0.15) is 11.1 Å². The maximum Gasteiger partial charge on any atom is 0.102 e. The van der Waals surface area contributed by atoms with Gasteiger partial charge in [0.25, 0.3) is 0 Å². The van der Waals surface area contributed by atoms with Gasteiger partial charge in [-0.25, -0.2) is 0 Å². The molecule has 2 rings (SSSR count). The molecule has 0 saturated carbocycles. The van der Waals surface area contributed by atoms with Crippen molar-refractivity contribution in [1.82, 2.24) is 9.78 Å². The topological polar surface area (TPSA) is 43.8 Å². The molecule has 0 atom stereocenters. The van der Waals surface area contributed by atoms with Crippen molar-refractivity contribution in [2.45, 2.75) is 13.1 Å². The van der Waals surface area contributed by atoms with E-state index in [2.05, 4.69) is 16.9 Å². The van der Waals surface area contributed by atoms with Gasteiger partial charge in [-0.05, 0) is 23.8 Å². The summed E-state index contributed by atoms with van der Waals surface area (Å²) < 4.78 is 1.79. The van der Waals surface area contributed by atoms with E-state index >= 15 is 0 Å². The number of hydrogen-bond donors (Lipinski definition) is 1. The normalized spacial score (nSPS) is 9.56. The molecule has 0 bridgehead atoms. The van der Waals surface area contributed by atoms with Gasteiger partial charge in [0, 0.05) is 24.5 Å². The fourth-order valence-electron chi connectivity index (χ4n) is 1.34. The van der Waals surface area contributed by atoms with Crippen LogP contribution >= 0.6 is 0 Å². The second kappa shape index (κ2) is 5.15. The fraction of sp³-hybridized carbons (Fsp3) is 0.154. The molecule has 3 heteroatoms. The third-order valence-corrected chi connectivity index (χ3v) is 2.22. The second-order valence-electron chi connectivity index (χ2n) is 3.41. The van der Waals surface area contributed by atoms with Crippen LogP contribution in [-0.2, 0) is 13.1 Å². The molecular formula is C13H13N3. The van der Waals surface area contributed by atoms with Crippen molar-refractivity contribution in [2.24, 2.45) is 5.73 Å². The zero-order chi connectivity index (χ0) is 11.2. The minimum atomic E-state index is 0.570. The van der Waals surface area contributed by atoms with E-state index in [1.54, 1.807) is 10.9 Å². The first-order chi connectivity index (χ1) is 7.88. The molecule has 0 aliphatic carbocycles. The molecular weight excluding hydrogens is 198 g/mol. The Morgan fingerprint density at radius 2 is 2.06 bits per heavy atom. The van der Waals surface area contributed by atoms with Crippen molar-refractivity contribution < 1.29 is 0 Å². The molecule has 0 amide bonds. The molecule has 3 nitrogen and oxygen atoms in total. The van der Waals surface area contributed by atoms with Gasteiger partial charge < -0.3 is 5.73 Å². The summed E-state index contributed by atoms with van der Waals surface area (Å²) in [5.74, 6) is 6.14. The molecule has 2 N–H and O–H groups in total. The molecule has 0 unspecified atom stereocenters. The Labute approximate surface area is 94.9 Å². The van der Waals surface area contributed by atoms with E-state index in [1.807, 2.05) is 36.5 Å². The summed E-state index contributed by atoms with van der Waals surface area (Å²) in [6, 6.07) is 9.85. The van der Waals surface area contributed by atoms with Crippen molar-refractivity contribution in [3.8, 4) is 11.8 Å². The van der Waals surface area contributed by atoms with Crippen molar-refractivity contribution in [1.29, 1.82) is 0 Å². The lowest BCUT2D eigenvalue weighted by molar-refractivity contribution is 0.715. The summed E-state index contributed by atoms with van der Waals surface area (Å²) in [6.45, 7) is 1.19. The number of aromatic nitrogens is 2. The zero-order valence-corrected chi connectivity index (χ0v) is 8.93. The number of nitrogens with zero attached hydrogens (tertiary/aromatic N) is 2. The molecule has 0 spiro atoms. The Hall–Kier alpha value is -2.05. The first kappa shape index (κ1) is 10.5. The van der Waals surface area contributed by atoms with Gasteiger partial charge in [0.1, 0.15) is 6.54 Å². The SMILES string of the molecule is NCc1ccc(C#CCn2cccn2)cc1. The van der Waals surface area contributed by atoms with Crippen LogP contribution in [0.15, 0.2) is 42.7 Å². The summed E-state index contributed by atoms with van der Waals surface area (Å²) in [6.07, 6.45) is 3.64. The van der Waals surface area contributed by atoms with Gasteiger partial charge in [0.05, 0.1) is 0 Å². The average Bonchev–Trinajstić information content (AvgIpc) is 2.83. The molecule has 16 heavy (non-hydrogen) atoms. The lowest BCUT2D eigenvalue weighted by atomic mass is 10.1. The third kappa shape index (κ3) is 2.72. The van der Waals surface area contributed by atoms with Crippen LogP contribution in [0, 0.1) is 11.8 Å². The first-order valence-corrected chi connectivity index (χ1v) is 5.14. The van der Waals surface area contributed by atoms with E-state index in [0.717, 1.165) is 11.1 Å². The fourth-order valence-corrected chi connectivity index (χ4v) is 1.34. The summed E-state index contributed by atoms with van der Waals surface area (Å²) in [5, 5.41) is 4.07. The van der Waals surface area contributed by atoms with Crippen LogP contribution < -0.4 is 5.73 Å². The smallest absolute Gasteiger partial charge is 0.102 e. The van der Waals surface area contributed by atoms with Gasteiger partial charge in [-0.3, -0.25) is 4.68 Å². The Morgan fingerprint density at radius 1 is 1.25 bits per heavy atom. The van der Waals surface area contributed by atoms with Gasteiger partial charge in [-0.2, -0.15) is 5.10 Å². The Kier molecular flexibility index (Phi) is 3.37. The average molecular weight is 211 g/mol. The van der Waals surface area contributed by atoms with Crippen molar-refractivity contribution in [3.05, 3.63) is 53.9 Å². The van der Waals surface area contributed by atoms with Gasteiger partial charge in [0.2, 0.25) is 0 Å². The van der Waals surface area contributed by atoms with E-state index in [-0.39, 0.29) is 0 Å². The number of hydrogen-bond acceptors (Lipinski definition) is 2.